The Morgan fingerprint density at radius 2 is 1.95 bits per heavy atom. The molecule has 1 unspecified atom stereocenters. The van der Waals surface area contributed by atoms with E-state index in [0.29, 0.717) is 16.8 Å². The fourth-order valence-electron chi connectivity index (χ4n) is 1.94. The van der Waals surface area contributed by atoms with Gasteiger partial charge in [0.2, 0.25) is 5.91 Å². The van der Waals surface area contributed by atoms with Crippen LogP contribution >= 0.6 is 0 Å². The first-order valence-electron chi connectivity index (χ1n) is 6.35. The van der Waals surface area contributed by atoms with Gasteiger partial charge in [0, 0.05) is 5.69 Å². The summed E-state index contributed by atoms with van der Waals surface area (Å²) in [5.74, 6) is -0.652. The van der Waals surface area contributed by atoms with Crippen molar-refractivity contribution in [1.29, 1.82) is 0 Å². The van der Waals surface area contributed by atoms with Crippen LogP contribution in [-0.2, 0) is 4.79 Å². The monoisotopic (exact) mass is 273 g/mol. The van der Waals surface area contributed by atoms with Gasteiger partial charge in [-0.3, -0.25) is 4.79 Å². The molecule has 104 valence electrons. The molecule has 0 bridgehead atoms. The van der Waals surface area contributed by atoms with Crippen molar-refractivity contribution in [3.8, 4) is 0 Å². The largest absolute Gasteiger partial charge is 0.388 e. The van der Waals surface area contributed by atoms with Gasteiger partial charge >= 0.3 is 0 Å². The molecule has 20 heavy (non-hydrogen) atoms. The number of aryl methyl sites for hydroxylation is 1. The van der Waals surface area contributed by atoms with Gasteiger partial charge in [-0.1, -0.05) is 30.3 Å². The van der Waals surface area contributed by atoms with Crippen molar-refractivity contribution < 1.29 is 14.3 Å². The quantitative estimate of drug-likeness (QED) is 0.898. The summed E-state index contributed by atoms with van der Waals surface area (Å²) in [6.07, 6.45) is -0.891. The molecule has 2 aromatic carbocycles. The van der Waals surface area contributed by atoms with E-state index in [1.54, 1.807) is 31.2 Å². The minimum absolute atomic E-state index is 0.0408. The van der Waals surface area contributed by atoms with Crippen LogP contribution in [0, 0.1) is 12.7 Å². The number of carbonyl (C=O) groups excluding carboxylic acids is 1. The molecule has 4 heteroatoms. The van der Waals surface area contributed by atoms with Crippen LogP contribution in [0.5, 0.6) is 0 Å². The number of aliphatic hydroxyl groups is 1. The van der Waals surface area contributed by atoms with E-state index in [-0.39, 0.29) is 18.1 Å². The lowest BCUT2D eigenvalue weighted by Crippen LogP contribution is -2.16. The number of amides is 1. The average molecular weight is 273 g/mol. The van der Waals surface area contributed by atoms with Gasteiger partial charge in [0.15, 0.2) is 0 Å². The van der Waals surface area contributed by atoms with E-state index in [0.717, 1.165) is 0 Å². The van der Waals surface area contributed by atoms with Gasteiger partial charge in [-0.25, -0.2) is 4.39 Å². The third kappa shape index (κ3) is 3.65. The zero-order chi connectivity index (χ0) is 14.5. The molecule has 0 aliphatic carbocycles. The molecule has 1 atom stereocenters. The second-order valence-electron chi connectivity index (χ2n) is 4.64. The van der Waals surface area contributed by atoms with E-state index >= 15 is 0 Å². The average Bonchev–Trinajstić information content (AvgIpc) is 2.43. The Morgan fingerprint density at radius 1 is 1.25 bits per heavy atom. The predicted molar refractivity (Wildman–Crippen MR) is 75.8 cm³/mol. The summed E-state index contributed by atoms with van der Waals surface area (Å²) in [6.45, 7) is 1.71. The Balaban J connectivity index is 1.99. The van der Waals surface area contributed by atoms with Crippen LogP contribution in [0.4, 0.5) is 10.1 Å². The van der Waals surface area contributed by atoms with Crippen molar-refractivity contribution in [3.05, 3.63) is 65.5 Å². The summed E-state index contributed by atoms with van der Waals surface area (Å²) in [7, 11) is 0. The highest BCUT2D eigenvalue weighted by molar-refractivity contribution is 5.91. The number of carbonyl (C=O) groups is 1. The number of anilines is 1. The molecule has 0 saturated carbocycles. The number of hydrogen-bond donors (Lipinski definition) is 2. The predicted octanol–water partition coefficient (Wildman–Crippen LogP) is 3.20. The van der Waals surface area contributed by atoms with E-state index in [9.17, 15) is 14.3 Å². The number of halogens is 1. The van der Waals surface area contributed by atoms with Crippen molar-refractivity contribution >= 4 is 11.6 Å². The van der Waals surface area contributed by atoms with Crippen molar-refractivity contribution in [3.63, 3.8) is 0 Å². The van der Waals surface area contributed by atoms with Gasteiger partial charge in [0.1, 0.15) is 5.82 Å². The molecule has 0 radical (unpaired) electrons. The lowest BCUT2D eigenvalue weighted by atomic mass is 10.1. The fourth-order valence-corrected chi connectivity index (χ4v) is 1.94. The molecule has 0 aromatic heterocycles. The van der Waals surface area contributed by atoms with Crippen LogP contribution in [-0.4, -0.2) is 11.0 Å². The van der Waals surface area contributed by atoms with Crippen molar-refractivity contribution in [2.75, 3.05) is 5.32 Å². The molecule has 0 saturated heterocycles. The van der Waals surface area contributed by atoms with E-state index in [2.05, 4.69) is 5.32 Å². The molecule has 0 fully saturated rings. The Hall–Kier alpha value is -2.20. The first kappa shape index (κ1) is 14.2. The summed E-state index contributed by atoms with van der Waals surface area (Å²) in [5, 5.41) is 12.6. The Morgan fingerprint density at radius 3 is 2.60 bits per heavy atom. The van der Waals surface area contributed by atoms with Gasteiger partial charge in [-0.2, -0.15) is 0 Å². The zero-order valence-corrected chi connectivity index (χ0v) is 11.1. The highest BCUT2D eigenvalue weighted by Crippen LogP contribution is 2.19. The Kier molecular flexibility index (Phi) is 4.48. The summed E-state index contributed by atoms with van der Waals surface area (Å²) in [5.41, 5.74) is 1.89. The maximum atomic E-state index is 13.0. The first-order valence-corrected chi connectivity index (χ1v) is 6.35. The van der Waals surface area contributed by atoms with E-state index in [4.69, 9.17) is 0 Å². The van der Waals surface area contributed by atoms with Gasteiger partial charge < -0.3 is 10.4 Å². The van der Waals surface area contributed by atoms with E-state index in [1.165, 1.54) is 18.2 Å². The van der Waals surface area contributed by atoms with Gasteiger partial charge in [-0.05, 0) is 36.2 Å². The van der Waals surface area contributed by atoms with E-state index < -0.39 is 6.10 Å². The summed E-state index contributed by atoms with van der Waals surface area (Å²) >= 11 is 0. The molecular formula is C16H16FNO2. The summed E-state index contributed by atoms with van der Waals surface area (Å²) in [4.78, 5) is 11.9. The summed E-state index contributed by atoms with van der Waals surface area (Å²) in [6, 6.07) is 13.1. The van der Waals surface area contributed by atoms with Crippen LogP contribution in [0.25, 0.3) is 0 Å². The Labute approximate surface area is 117 Å². The molecule has 0 aliphatic heterocycles. The van der Waals surface area contributed by atoms with Crippen molar-refractivity contribution in [1.82, 2.24) is 0 Å². The topological polar surface area (TPSA) is 49.3 Å². The molecule has 0 aliphatic rings. The molecule has 2 aromatic rings. The van der Waals surface area contributed by atoms with Crippen LogP contribution in [0.1, 0.15) is 23.7 Å². The number of aliphatic hydroxyl groups excluding tert-OH is 1. The van der Waals surface area contributed by atoms with Crippen molar-refractivity contribution in [2.45, 2.75) is 19.4 Å². The van der Waals surface area contributed by atoms with Gasteiger partial charge in [-0.15, -0.1) is 0 Å². The van der Waals surface area contributed by atoms with Crippen LogP contribution in [0.2, 0.25) is 0 Å². The molecule has 0 spiro atoms. The third-order valence-corrected chi connectivity index (χ3v) is 3.03. The maximum Gasteiger partial charge on any atom is 0.227 e. The molecule has 1 amide bonds. The molecular weight excluding hydrogens is 257 g/mol. The maximum absolute atomic E-state index is 13.0. The first-order chi connectivity index (χ1) is 9.56. The summed E-state index contributed by atoms with van der Waals surface area (Å²) < 4.78 is 13.0. The lowest BCUT2D eigenvalue weighted by molar-refractivity contribution is -0.118. The third-order valence-electron chi connectivity index (χ3n) is 3.03. The second kappa shape index (κ2) is 6.30. The van der Waals surface area contributed by atoms with Crippen LogP contribution in [0.3, 0.4) is 0 Å². The smallest absolute Gasteiger partial charge is 0.227 e. The lowest BCUT2D eigenvalue weighted by Gasteiger charge is -2.12. The highest BCUT2D eigenvalue weighted by atomic mass is 19.1. The number of rotatable bonds is 4. The van der Waals surface area contributed by atoms with Crippen LogP contribution in [0.15, 0.2) is 48.5 Å². The zero-order valence-electron chi connectivity index (χ0n) is 11.1. The fraction of sp³-hybridized carbons (Fsp3) is 0.188. The van der Waals surface area contributed by atoms with Crippen LogP contribution < -0.4 is 5.32 Å². The second-order valence-corrected chi connectivity index (χ2v) is 4.64. The molecule has 3 nitrogen and oxygen atoms in total. The normalized spacial score (nSPS) is 11.9. The Bertz CT molecular complexity index is 599. The van der Waals surface area contributed by atoms with Gasteiger partial charge in [0.05, 0.1) is 12.5 Å². The molecule has 2 rings (SSSR count). The van der Waals surface area contributed by atoms with Gasteiger partial charge in [0.25, 0.3) is 0 Å². The minimum Gasteiger partial charge on any atom is -0.388 e. The number of nitrogens with one attached hydrogen (secondary N) is 1. The molecule has 2 N–H and O–H groups in total. The van der Waals surface area contributed by atoms with E-state index in [1.807, 2.05) is 6.07 Å². The minimum atomic E-state index is -0.850. The van der Waals surface area contributed by atoms with Crippen molar-refractivity contribution in [2.24, 2.45) is 0 Å². The highest BCUT2D eigenvalue weighted by Gasteiger charge is 2.13. The number of benzene rings is 2. The standard InChI is InChI=1S/C16H16FNO2/c1-11-9-13(17)7-8-14(11)18-16(20)10-15(19)12-5-3-2-4-6-12/h2-9,15,19H,10H2,1H3,(H,18,20). The SMILES string of the molecule is Cc1cc(F)ccc1NC(=O)CC(O)c1ccccc1. The number of hydrogen-bond acceptors (Lipinski definition) is 2. The molecule has 0 heterocycles.